The first-order valence-electron chi connectivity index (χ1n) is 7.13. The van der Waals surface area contributed by atoms with E-state index < -0.39 is 0 Å². The van der Waals surface area contributed by atoms with E-state index >= 15 is 0 Å². The maximum Gasteiger partial charge on any atom is 0.0107 e. The topological polar surface area (TPSA) is 18.5 Å². The van der Waals surface area contributed by atoms with Crippen LogP contribution in [0.15, 0.2) is 0 Å². The van der Waals surface area contributed by atoms with Crippen molar-refractivity contribution in [3.8, 4) is 0 Å². The normalized spacial score (nSPS) is 24.5. The highest BCUT2D eigenvalue weighted by Gasteiger charge is 2.22. The second-order valence-electron chi connectivity index (χ2n) is 5.98. The predicted octanol–water partition coefficient (Wildman–Crippen LogP) is 1.65. The van der Waals surface area contributed by atoms with E-state index in [1.54, 1.807) is 0 Å². The monoisotopic (exact) mass is 241 g/mol. The van der Waals surface area contributed by atoms with E-state index in [1.807, 2.05) is 0 Å². The Balaban J connectivity index is 2.18. The van der Waals surface area contributed by atoms with E-state index in [9.17, 15) is 0 Å². The van der Waals surface area contributed by atoms with Crippen LogP contribution >= 0.6 is 0 Å². The van der Waals surface area contributed by atoms with Gasteiger partial charge >= 0.3 is 0 Å². The molecule has 0 radical (unpaired) electrons. The Morgan fingerprint density at radius 2 is 2.06 bits per heavy atom. The maximum absolute atomic E-state index is 3.69. The minimum Gasteiger partial charge on any atom is -0.313 e. The van der Waals surface area contributed by atoms with Gasteiger partial charge < -0.3 is 15.1 Å². The molecule has 0 amide bonds. The predicted molar refractivity (Wildman–Crippen MR) is 75.5 cm³/mol. The van der Waals surface area contributed by atoms with E-state index in [1.165, 1.54) is 25.9 Å². The summed E-state index contributed by atoms with van der Waals surface area (Å²) in [7, 11) is 4.44. The molecule has 102 valence electrons. The highest BCUT2D eigenvalue weighted by Crippen LogP contribution is 2.18. The lowest BCUT2D eigenvalue weighted by Gasteiger charge is -2.34. The molecule has 2 unspecified atom stereocenters. The van der Waals surface area contributed by atoms with Crippen molar-refractivity contribution in [2.75, 3.05) is 40.3 Å². The molecule has 3 nitrogen and oxygen atoms in total. The third-order valence-corrected chi connectivity index (χ3v) is 4.18. The fraction of sp³-hybridized carbons (Fsp3) is 1.00. The summed E-state index contributed by atoms with van der Waals surface area (Å²) in [5.41, 5.74) is 0. The number of piperidine rings is 1. The second-order valence-corrected chi connectivity index (χ2v) is 5.98. The van der Waals surface area contributed by atoms with Gasteiger partial charge in [-0.1, -0.05) is 0 Å². The van der Waals surface area contributed by atoms with Gasteiger partial charge in [0, 0.05) is 31.7 Å². The number of hydrogen-bond acceptors (Lipinski definition) is 3. The van der Waals surface area contributed by atoms with Crippen LogP contribution in [0.1, 0.15) is 33.6 Å². The van der Waals surface area contributed by atoms with Crippen molar-refractivity contribution >= 4 is 0 Å². The first-order valence-corrected chi connectivity index (χ1v) is 7.13. The molecule has 3 heteroatoms. The first-order chi connectivity index (χ1) is 8.00. The first kappa shape index (κ1) is 14.9. The summed E-state index contributed by atoms with van der Waals surface area (Å²) in [5.74, 6) is 0.832. The zero-order valence-corrected chi connectivity index (χ0v) is 12.4. The van der Waals surface area contributed by atoms with Crippen molar-refractivity contribution < 1.29 is 0 Å². The van der Waals surface area contributed by atoms with E-state index in [4.69, 9.17) is 0 Å². The van der Waals surface area contributed by atoms with Gasteiger partial charge in [0.15, 0.2) is 0 Å². The van der Waals surface area contributed by atoms with Gasteiger partial charge in [0.25, 0.3) is 0 Å². The third-order valence-electron chi connectivity index (χ3n) is 4.18. The summed E-state index contributed by atoms with van der Waals surface area (Å²) < 4.78 is 0. The fourth-order valence-corrected chi connectivity index (χ4v) is 2.51. The van der Waals surface area contributed by atoms with Crippen LogP contribution < -0.4 is 5.32 Å². The van der Waals surface area contributed by atoms with Gasteiger partial charge in [0.1, 0.15) is 0 Å². The lowest BCUT2D eigenvalue weighted by molar-refractivity contribution is 0.175. The van der Waals surface area contributed by atoms with Crippen molar-refractivity contribution in [2.45, 2.75) is 45.7 Å². The van der Waals surface area contributed by atoms with Crippen LogP contribution in [-0.4, -0.2) is 62.2 Å². The van der Waals surface area contributed by atoms with Crippen molar-refractivity contribution in [1.29, 1.82) is 0 Å². The van der Waals surface area contributed by atoms with Gasteiger partial charge in [-0.3, -0.25) is 0 Å². The van der Waals surface area contributed by atoms with Crippen LogP contribution in [0.3, 0.4) is 0 Å². The molecule has 0 aliphatic carbocycles. The quantitative estimate of drug-likeness (QED) is 0.763. The van der Waals surface area contributed by atoms with Crippen LogP contribution in [0, 0.1) is 5.92 Å². The average Bonchev–Trinajstić information content (AvgIpc) is 2.28. The lowest BCUT2D eigenvalue weighted by atomic mass is 9.92. The largest absolute Gasteiger partial charge is 0.313 e. The Kier molecular flexibility index (Phi) is 6.45. The van der Waals surface area contributed by atoms with Crippen molar-refractivity contribution in [1.82, 2.24) is 15.1 Å². The SMILES string of the molecule is CC(NCCN(C)C(C)C)C1CCCN(C)C1. The van der Waals surface area contributed by atoms with Crippen LogP contribution in [-0.2, 0) is 0 Å². The minimum absolute atomic E-state index is 0.646. The molecule has 0 aromatic carbocycles. The molecule has 0 bridgehead atoms. The van der Waals surface area contributed by atoms with Crippen LogP contribution in [0.5, 0.6) is 0 Å². The number of likely N-dealkylation sites (N-methyl/N-ethyl adjacent to an activating group) is 1. The Labute approximate surface area is 108 Å². The van der Waals surface area contributed by atoms with Gasteiger partial charge in [-0.15, -0.1) is 0 Å². The summed E-state index contributed by atoms with van der Waals surface area (Å²) in [6.07, 6.45) is 2.75. The van der Waals surface area contributed by atoms with Crippen LogP contribution in [0.2, 0.25) is 0 Å². The van der Waals surface area contributed by atoms with Crippen molar-refractivity contribution in [3.63, 3.8) is 0 Å². The van der Waals surface area contributed by atoms with Crippen LogP contribution in [0.4, 0.5) is 0 Å². The fourth-order valence-electron chi connectivity index (χ4n) is 2.51. The summed E-state index contributed by atoms with van der Waals surface area (Å²) in [6.45, 7) is 11.6. The van der Waals surface area contributed by atoms with Gasteiger partial charge in [-0.05, 0) is 60.2 Å². The highest BCUT2D eigenvalue weighted by molar-refractivity contribution is 4.79. The number of likely N-dealkylation sites (tertiary alicyclic amines) is 1. The molecule has 0 spiro atoms. The van der Waals surface area contributed by atoms with Crippen molar-refractivity contribution in [3.05, 3.63) is 0 Å². The third kappa shape index (κ3) is 5.36. The highest BCUT2D eigenvalue weighted by atomic mass is 15.1. The second kappa shape index (κ2) is 7.34. The zero-order chi connectivity index (χ0) is 12.8. The van der Waals surface area contributed by atoms with Crippen LogP contribution in [0.25, 0.3) is 0 Å². The average molecular weight is 241 g/mol. The number of nitrogens with zero attached hydrogens (tertiary/aromatic N) is 2. The van der Waals surface area contributed by atoms with Crippen molar-refractivity contribution in [2.24, 2.45) is 5.92 Å². The maximum atomic E-state index is 3.69. The number of rotatable bonds is 6. The Hall–Kier alpha value is -0.120. The Morgan fingerprint density at radius 3 is 2.65 bits per heavy atom. The van der Waals surface area contributed by atoms with Gasteiger partial charge in [-0.2, -0.15) is 0 Å². The standard InChI is InChI=1S/C14H31N3/c1-12(2)17(5)10-8-15-13(3)14-7-6-9-16(4)11-14/h12-15H,6-11H2,1-5H3. The molecule has 1 N–H and O–H groups in total. The lowest BCUT2D eigenvalue weighted by Crippen LogP contribution is -2.45. The van der Waals surface area contributed by atoms with Gasteiger partial charge in [0.05, 0.1) is 0 Å². The molecule has 1 aliphatic heterocycles. The molecule has 1 fully saturated rings. The molecule has 17 heavy (non-hydrogen) atoms. The molecule has 1 heterocycles. The Morgan fingerprint density at radius 1 is 1.35 bits per heavy atom. The molecule has 0 saturated carbocycles. The van der Waals surface area contributed by atoms with E-state index in [0.717, 1.165) is 19.0 Å². The summed E-state index contributed by atoms with van der Waals surface area (Å²) in [4.78, 5) is 4.86. The number of hydrogen-bond donors (Lipinski definition) is 1. The summed E-state index contributed by atoms with van der Waals surface area (Å²) >= 11 is 0. The molecule has 0 aromatic heterocycles. The minimum atomic E-state index is 0.646. The van der Waals surface area contributed by atoms with E-state index in [-0.39, 0.29) is 0 Å². The zero-order valence-electron chi connectivity index (χ0n) is 12.4. The van der Waals surface area contributed by atoms with E-state index in [2.05, 4.69) is 50.0 Å². The molecular formula is C14H31N3. The molecule has 0 aromatic rings. The van der Waals surface area contributed by atoms with E-state index in [0.29, 0.717) is 12.1 Å². The summed E-state index contributed by atoms with van der Waals surface area (Å²) in [5, 5.41) is 3.69. The summed E-state index contributed by atoms with van der Waals surface area (Å²) in [6, 6.07) is 1.30. The molecule has 2 atom stereocenters. The Bertz CT molecular complexity index is 206. The smallest absolute Gasteiger partial charge is 0.0107 e. The van der Waals surface area contributed by atoms with Gasteiger partial charge in [0.2, 0.25) is 0 Å². The molecule has 1 aliphatic rings. The number of nitrogens with one attached hydrogen (secondary N) is 1. The van der Waals surface area contributed by atoms with Gasteiger partial charge in [-0.25, -0.2) is 0 Å². The molecule has 1 rings (SSSR count). The molecular weight excluding hydrogens is 210 g/mol. The molecule has 1 saturated heterocycles.